The fraction of sp³-hybridized carbons (Fsp3) is 0.458. The highest BCUT2D eigenvalue weighted by atomic mass is 32.2. The minimum absolute atomic E-state index is 0.00924. The first-order valence-electron chi connectivity index (χ1n) is 10.8. The first kappa shape index (κ1) is 21.6. The fourth-order valence-electron chi connectivity index (χ4n) is 5.94. The molecule has 3 heterocycles. The Kier molecular flexibility index (Phi) is 4.98. The van der Waals surface area contributed by atoms with Gasteiger partial charge in [-0.1, -0.05) is 48.5 Å². The molecule has 0 N–H and O–H groups in total. The Bertz CT molecular complexity index is 1100. The van der Waals surface area contributed by atoms with Crippen molar-refractivity contribution in [1.29, 1.82) is 0 Å². The number of carbonyl (C=O) groups is 1. The van der Waals surface area contributed by atoms with Gasteiger partial charge in [0.15, 0.2) is 0 Å². The second-order valence-corrected chi connectivity index (χ2v) is 11.1. The maximum atomic E-state index is 13.3. The van der Waals surface area contributed by atoms with Gasteiger partial charge >= 0.3 is 5.97 Å². The van der Waals surface area contributed by atoms with Crippen LogP contribution in [-0.2, 0) is 24.4 Å². The van der Waals surface area contributed by atoms with Gasteiger partial charge in [-0.25, -0.2) is 8.42 Å². The molecule has 3 aliphatic heterocycles. The first-order valence-corrected chi connectivity index (χ1v) is 12.7. The third-order valence-electron chi connectivity index (χ3n) is 7.39. The highest BCUT2D eigenvalue weighted by Gasteiger charge is 2.70. The van der Waals surface area contributed by atoms with Crippen LogP contribution in [0.25, 0.3) is 11.1 Å². The molecule has 3 fully saturated rings. The maximum Gasteiger partial charge on any atom is 0.318 e. The van der Waals surface area contributed by atoms with Gasteiger partial charge in [0, 0.05) is 19.1 Å². The minimum Gasteiger partial charge on any atom is -0.748 e. The zero-order valence-corrected chi connectivity index (χ0v) is 19.1. The van der Waals surface area contributed by atoms with Crippen molar-refractivity contribution in [1.82, 2.24) is 0 Å². The largest absolute Gasteiger partial charge is 0.748 e. The molecule has 0 saturated carbocycles. The highest BCUT2D eigenvalue weighted by Crippen LogP contribution is 2.52. The summed E-state index contributed by atoms with van der Waals surface area (Å²) in [5, 5.41) is 0. The zero-order chi connectivity index (χ0) is 22.8. The Morgan fingerprint density at radius 1 is 0.969 bits per heavy atom. The number of benzene rings is 2. The smallest absolute Gasteiger partial charge is 0.318 e. The second-order valence-electron chi connectivity index (χ2n) is 9.67. The first-order chi connectivity index (χ1) is 15.1. The number of carbonyl (C=O) groups excluding carboxylic acids is 1. The quantitative estimate of drug-likeness (QED) is 0.297. The van der Waals surface area contributed by atoms with Crippen LogP contribution in [0, 0.1) is 0 Å². The molecule has 2 aromatic carbocycles. The molecule has 7 nitrogen and oxygen atoms in total. The van der Waals surface area contributed by atoms with E-state index in [4.69, 9.17) is 22.4 Å². The predicted molar refractivity (Wildman–Crippen MR) is 117 cm³/mol. The van der Waals surface area contributed by atoms with E-state index in [0.717, 1.165) is 39.6 Å². The molecule has 0 radical (unpaired) electrons. The van der Waals surface area contributed by atoms with E-state index in [9.17, 15) is 4.79 Å². The van der Waals surface area contributed by atoms with Crippen LogP contribution in [-0.4, -0.2) is 74.2 Å². The lowest BCUT2D eigenvalue weighted by Crippen LogP contribution is -2.60. The summed E-state index contributed by atoms with van der Waals surface area (Å²) < 4.78 is 40.2. The van der Waals surface area contributed by atoms with E-state index in [2.05, 4.69) is 38.4 Å². The standard InChI is InChI=1S/C23H24NO3.CH4O3S/c1-24(2)18-11-13(12-19(24)22-21(18)27-22)26-23(25)20-16-9-5-3-7-14(16)15-8-4-6-10-17(15)20;1-5(2,3)4/h3-10,13,18-22H,11-12H2,1-2H3;1H3,(H,2,3,4)/q+1;/p-1/t13?,18-,19-,21?,22?;/m0./s1. The van der Waals surface area contributed by atoms with Crippen molar-refractivity contribution in [3.8, 4) is 11.1 Å². The van der Waals surface area contributed by atoms with Gasteiger partial charge in [0.2, 0.25) is 0 Å². The summed E-state index contributed by atoms with van der Waals surface area (Å²) in [6, 6.07) is 17.3. The van der Waals surface area contributed by atoms with Crippen LogP contribution in [0.5, 0.6) is 0 Å². The van der Waals surface area contributed by atoms with Crippen molar-refractivity contribution < 1.29 is 31.7 Å². The van der Waals surface area contributed by atoms with Crippen LogP contribution in [0.1, 0.15) is 29.9 Å². The van der Waals surface area contributed by atoms with Crippen molar-refractivity contribution in [2.24, 2.45) is 0 Å². The number of ether oxygens (including phenoxy) is 2. The van der Waals surface area contributed by atoms with Gasteiger partial charge in [0.05, 0.1) is 24.2 Å². The number of quaternary nitrogens is 1. The number of rotatable bonds is 2. The molecule has 32 heavy (non-hydrogen) atoms. The van der Waals surface area contributed by atoms with E-state index >= 15 is 0 Å². The van der Waals surface area contributed by atoms with Crippen LogP contribution >= 0.6 is 0 Å². The molecule has 4 atom stereocenters. The number of hydrogen-bond acceptors (Lipinski definition) is 6. The molecule has 6 rings (SSSR count). The van der Waals surface area contributed by atoms with Crippen molar-refractivity contribution in [3.63, 3.8) is 0 Å². The Morgan fingerprint density at radius 2 is 1.41 bits per heavy atom. The van der Waals surface area contributed by atoms with E-state index in [1.807, 2.05) is 24.3 Å². The summed E-state index contributed by atoms with van der Waals surface area (Å²) >= 11 is 0. The number of esters is 1. The molecule has 1 aliphatic carbocycles. The lowest BCUT2D eigenvalue weighted by atomic mass is 9.95. The summed E-state index contributed by atoms with van der Waals surface area (Å²) in [5.74, 6) is -0.399. The van der Waals surface area contributed by atoms with E-state index in [1.165, 1.54) is 0 Å². The Labute approximate surface area is 188 Å². The molecular formula is C24H27NO6S. The number of fused-ring (bicyclic) bond motifs is 8. The molecule has 4 aliphatic rings. The highest BCUT2D eigenvalue weighted by molar-refractivity contribution is 7.84. The van der Waals surface area contributed by atoms with Crippen molar-refractivity contribution in [2.45, 2.75) is 49.2 Å². The van der Waals surface area contributed by atoms with Crippen LogP contribution in [0.15, 0.2) is 48.5 Å². The maximum absolute atomic E-state index is 13.3. The monoisotopic (exact) mass is 457 g/mol. The number of morpholine rings is 1. The molecule has 2 aromatic rings. The molecule has 2 bridgehead atoms. The summed E-state index contributed by atoms with van der Waals surface area (Å²) in [4.78, 5) is 13.3. The number of hydrogen-bond donors (Lipinski definition) is 0. The average molecular weight is 458 g/mol. The van der Waals surface area contributed by atoms with Crippen molar-refractivity contribution in [3.05, 3.63) is 59.7 Å². The SMILES string of the molecule is CS(=O)(=O)[O-].C[N+]1(C)[C@H]2CC(OC(=O)C3c4ccccc4-c4ccccc43)C[C@H]1C1OC12. The summed E-state index contributed by atoms with van der Waals surface area (Å²) in [7, 11) is 0.679. The molecule has 170 valence electrons. The number of epoxide rings is 1. The average Bonchev–Trinajstić information content (AvgIpc) is 3.39. The van der Waals surface area contributed by atoms with Gasteiger partial charge in [-0.3, -0.25) is 4.79 Å². The van der Waals surface area contributed by atoms with Crippen molar-refractivity contribution in [2.75, 3.05) is 20.4 Å². The Morgan fingerprint density at radius 3 is 1.88 bits per heavy atom. The van der Waals surface area contributed by atoms with Crippen LogP contribution in [0.2, 0.25) is 0 Å². The molecule has 3 saturated heterocycles. The number of likely N-dealkylation sites (N-methyl/N-ethyl adjacent to an activating group) is 1. The van der Waals surface area contributed by atoms with Gasteiger partial charge in [-0.05, 0) is 22.3 Å². The molecular weight excluding hydrogens is 430 g/mol. The van der Waals surface area contributed by atoms with Gasteiger partial charge in [0.1, 0.15) is 36.3 Å². The lowest BCUT2D eigenvalue weighted by Gasteiger charge is -2.45. The molecule has 0 aromatic heterocycles. The molecule has 2 unspecified atom stereocenters. The van der Waals surface area contributed by atoms with Gasteiger partial charge in [0.25, 0.3) is 0 Å². The molecule has 0 amide bonds. The summed E-state index contributed by atoms with van der Waals surface area (Å²) in [6.45, 7) is 0. The molecule has 8 heteroatoms. The minimum atomic E-state index is -3.92. The van der Waals surface area contributed by atoms with Crippen LogP contribution < -0.4 is 0 Å². The third kappa shape index (κ3) is 3.65. The number of piperidine rings is 1. The Balaban J connectivity index is 0.000000393. The van der Waals surface area contributed by atoms with E-state index in [-0.39, 0.29) is 18.0 Å². The normalized spacial score (nSPS) is 30.9. The summed E-state index contributed by atoms with van der Waals surface area (Å²) in [5.41, 5.74) is 4.46. The number of nitrogens with zero attached hydrogens (tertiary/aromatic N) is 1. The Hall–Kier alpha value is -2.26. The zero-order valence-electron chi connectivity index (χ0n) is 18.3. The third-order valence-corrected chi connectivity index (χ3v) is 7.39. The van der Waals surface area contributed by atoms with Gasteiger partial charge in [-0.2, -0.15) is 0 Å². The van der Waals surface area contributed by atoms with Crippen molar-refractivity contribution >= 4 is 16.1 Å². The van der Waals surface area contributed by atoms with Gasteiger partial charge in [-0.15, -0.1) is 0 Å². The lowest BCUT2D eigenvalue weighted by molar-refractivity contribution is -0.938. The van der Waals surface area contributed by atoms with Crippen LogP contribution in [0.3, 0.4) is 0 Å². The fourth-order valence-corrected chi connectivity index (χ4v) is 5.94. The van der Waals surface area contributed by atoms with E-state index in [1.54, 1.807) is 0 Å². The van der Waals surface area contributed by atoms with Crippen LogP contribution in [0.4, 0.5) is 0 Å². The van der Waals surface area contributed by atoms with Gasteiger partial charge < -0.3 is 18.5 Å². The second kappa shape index (κ2) is 7.38. The van der Waals surface area contributed by atoms with E-state index in [0.29, 0.717) is 30.5 Å². The predicted octanol–water partition coefficient (Wildman–Crippen LogP) is 2.26. The molecule has 0 spiro atoms. The topological polar surface area (TPSA) is 96.0 Å². The van der Waals surface area contributed by atoms with E-state index < -0.39 is 10.1 Å². The summed E-state index contributed by atoms with van der Waals surface area (Å²) in [6.07, 6.45) is 3.18.